The summed E-state index contributed by atoms with van der Waals surface area (Å²) in [5.74, 6) is 1.36. The molecule has 1 aliphatic rings. The third kappa shape index (κ3) is 2.88. The lowest BCUT2D eigenvalue weighted by molar-refractivity contribution is 0.102. The zero-order chi connectivity index (χ0) is 14.8. The number of carbonyl (C=O) groups excluding carboxylic acids is 1. The van der Waals surface area contributed by atoms with Crippen molar-refractivity contribution in [3.8, 4) is 11.5 Å². The molecule has 0 spiro atoms. The van der Waals surface area contributed by atoms with Crippen molar-refractivity contribution in [1.29, 1.82) is 0 Å². The quantitative estimate of drug-likeness (QED) is 0.921. The number of amides is 1. The number of anilines is 1. The highest BCUT2D eigenvalue weighted by atomic mass is 79.9. The van der Waals surface area contributed by atoms with E-state index in [2.05, 4.69) is 21.2 Å². The van der Waals surface area contributed by atoms with Crippen LogP contribution in [0.25, 0.3) is 0 Å². The van der Waals surface area contributed by atoms with Gasteiger partial charge in [0.05, 0.1) is 19.3 Å². The summed E-state index contributed by atoms with van der Waals surface area (Å²) in [5.41, 5.74) is 2.42. The summed E-state index contributed by atoms with van der Waals surface area (Å²) in [6, 6.07) is 11.0. The average molecular weight is 348 g/mol. The molecule has 0 saturated heterocycles. The number of fused-ring (bicyclic) bond motifs is 1. The molecule has 0 fully saturated rings. The SMILES string of the molecule is COc1ccc(Br)c(C(=O)Nc2ccc3c(c2)CCO3)c1. The van der Waals surface area contributed by atoms with E-state index in [4.69, 9.17) is 9.47 Å². The van der Waals surface area contributed by atoms with E-state index >= 15 is 0 Å². The monoisotopic (exact) mass is 347 g/mol. The van der Waals surface area contributed by atoms with Gasteiger partial charge in [0.1, 0.15) is 11.5 Å². The standard InChI is InChI=1S/C16H14BrNO3/c1-20-12-3-4-14(17)13(9-12)16(19)18-11-2-5-15-10(8-11)6-7-21-15/h2-5,8-9H,6-7H2,1H3,(H,18,19). The van der Waals surface area contributed by atoms with Gasteiger partial charge in [-0.05, 0) is 57.9 Å². The molecule has 1 N–H and O–H groups in total. The first-order chi connectivity index (χ1) is 10.2. The lowest BCUT2D eigenvalue weighted by atomic mass is 10.1. The van der Waals surface area contributed by atoms with Crippen molar-refractivity contribution in [2.24, 2.45) is 0 Å². The summed E-state index contributed by atoms with van der Waals surface area (Å²) in [4.78, 5) is 12.4. The number of carbonyl (C=O) groups is 1. The fourth-order valence-corrected chi connectivity index (χ4v) is 2.69. The van der Waals surface area contributed by atoms with Gasteiger partial charge >= 0.3 is 0 Å². The summed E-state index contributed by atoms with van der Waals surface area (Å²) < 4.78 is 11.3. The largest absolute Gasteiger partial charge is 0.497 e. The molecule has 1 amide bonds. The van der Waals surface area contributed by atoms with Gasteiger partial charge in [-0.25, -0.2) is 0 Å². The molecule has 1 aliphatic heterocycles. The lowest BCUT2D eigenvalue weighted by Crippen LogP contribution is -2.12. The summed E-state index contributed by atoms with van der Waals surface area (Å²) >= 11 is 3.39. The fraction of sp³-hybridized carbons (Fsp3) is 0.188. The highest BCUT2D eigenvalue weighted by Gasteiger charge is 2.15. The second-order valence-corrected chi connectivity index (χ2v) is 5.58. The molecule has 0 aliphatic carbocycles. The maximum absolute atomic E-state index is 12.4. The first kappa shape index (κ1) is 13.9. The van der Waals surface area contributed by atoms with Gasteiger partial charge in [-0.15, -0.1) is 0 Å². The summed E-state index contributed by atoms with van der Waals surface area (Å²) in [6.45, 7) is 0.703. The van der Waals surface area contributed by atoms with Crippen LogP contribution in [0.15, 0.2) is 40.9 Å². The van der Waals surface area contributed by atoms with Crippen LogP contribution in [-0.4, -0.2) is 19.6 Å². The Hall–Kier alpha value is -2.01. The van der Waals surface area contributed by atoms with Crippen molar-refractivity contribution >= 4 is 27.5 Å². The number of ether oxygens (including phenoxy) is 2. The molecule has 21 heavy (non-hydrogen) atoms. The molecule has 2 aromatic rings. The van der Waals surface area contributed by atoms with Crippen LogP contribution < -0.4 is 14.8 Å². The molecular formula is C16H14BrNO3. The Morgan fingerprint density at radius 2 is 2.14 bits per heavy atom. The van der Waals surface area contributed by atoms with Gasteiger partial charge < -0.3 is 14.8 Å². The van der Waals surface area contributed by atoms with Crippen LogP contribution in [0.3, 0.4) is 0 Å². The second kappa shape index (κ2) is 5.77. The van der Waals surface area contributed by atoms with E-state index < -0.39 is 0 Å². The third-order valence-electron chi connectivity index (χ3n) is 3.37. The first-order valence-corrected chi connectivity index (χ1v) is 7.37. The van der Waals surface area contributed by atoms with Crippen LogP contribution >= 0.6 is 15.9 Å². The first-order valence-electron chi connectivity index (χ1n) is 6.58. The number of benzene rings is 2. The van der Waals surface area contributed by atoms with Crippen molar-refractivity contribution in [2.75, 3.05) is 19.0 Å². The Balaban J connectivity index is 1.83. The van der Waals surface area contributed by atoms with Gasteiger partial charge in [-0.1, -0.05) is 0 Å². The van der Waals surface area contributed by atoms with Gasteiger partial charge in [-0.3, -0.25) is 4.79 Å². The Morgan fingerprint density at radius 1 is 1.29 bits per heavy atom. The fourth-order valence-electron chi connectivity index (χ4n) is 2.27. The van der Waals surface area contributed by atoms with Crippen molar-refractivity contribution < 1.29 is 14.3 Å². The van der Waals surface area contributed by atoms with Crippen LogP contribution in [0, 0.1) is 0 Å². The molecule has 0 unspecified atom stereocenters. The third-order valence-corrected chi connectivity index (χ3v) is 4.06. The van der Waals surface area contributed by atoms with Crippen molar-refractivity contribution in [3.05, 3.63) is 52.0 Å². The van der Waals surface area contributed by atoms with Crippen LogP contribution in [0.4, 0.5) is 5.69 Å². The highest BCUT2D eigenvalue weighted by Crippen LogP contribution is 2.29. The van der Waals surface area contributed by atoms with Gasteiger partial charge in [0.25, 0.3) is 5.91 Å². The maximum atomic E-state index is 12.4. The molecule has 0 bridgehead atoms. The Morgan fingerprint density at radius 3 is 2.95 bits per heavy atom. The van der Waals surface area contributed by atoms with Crippen LogP contribution in [0.2, 0.25) is 0 Å². The summed E-state index contributed by atoms with van der Waals surface area (Å²) in [5, 5.41) is 2.90. The van der Waals surface area contributed by atoms with Crippen molar-refractivity contribution in [3.63, 3.8) is 0 Å². The van der Waals surface area contributed by atoms with Gasteiger partial charge in [0.15, 0.2) is 0 Å². The zero-order valence-electron chi connectivity index (χ0n) is 11.5. The zero-order valence-corrected chi connectivity index (χ0v) is 13.1. The topological polar surface area (TPSA) is 47.6 Å². The van der Waals surface area contributed by atoms with Crippen LogP contribution in [0.1, 0.15) is 15.9 Å². The molecule has 4 nitrogen and oxygen atoms in total. The molecule has 5 heteroatoms. The Kier molecular flexibility index (Phi) is 3.84. The second-order valence-electron chi connectivity index (χ2n) is 4.72. The van der Waals surface area contributed by atoms with E-state index in [9.17, 15) is 4.79 Å². The predicted octanol–water partition coefficient (Wildman–Crippen LogP) is 3.64. The molecule has 0 radical (unpaired) electrons. The highest BCUT2D eigenvalue weighted by molar-refractivity contribution is 9.10. The Labute approximate surface area is 131 Å². The lowest BCUT2D eigenvalue weighted by Gasteiger charge is -2.09. The molecule has 1 heterocycles. The minimum atomic E-state index is -0.181. The van der Waals surface area contributed by atoms with E-state index in [1.54, 1.807) is 25.3 Å². The van der Waals surface area contributed by atoms with Gasteiger partial charge in [-0.2, -0.15) is 0 Å². The number of rotatable bonds is 3. The molecular weight excluding hydrogens is 334 g/mol. The number of hydrogen-bond acceptors (Lipinski definition) is 3. The molecule has 3 rings (SSSR count). The number of methoxy groups -OCH3 is 1. The minimum Gasteiger partial charge on any atom is -0.497 e. The number of hydrogen-bond donors (Lipinski definition) is 1. The van der Waals surface area contributed by atoms with Crippen LogP contribution in [0.5, 0.6) is 11.5 Å². The van der Waals surface area contributed by atoms with Crippen LogP contribution in [-0.2, 0) is 6.42 Å². The van der Waals surface area contributed by atoms with Crippen molar-refractivity contribution in [1.82, 2.24) is 0 Å². The molecule has 0 saturated carbocycles. The van der Waals surface area contributed by atoms with E-state index in [1.165, 1.54) is 0 Å². The smallest absolute Gasteiger partial charge is 0.256 e. The molecule has 0 aromatic heterocycles. The molecule has 0 atom stereocenters. The number of halogens is 1. The predicted molar refractivity (Wildman–Crippen MR) is 84.3 cm³/mol. The van der Waals surface area contributed by atoms with E-state index in [0.29, 0.717) is 17.9 Å². The van der Waals surface area contributed by atoms with Gasteiger partial charge in [0, 0.05) is 16.6 Å². The van der Waals surface area contributed by atoms with E-state index in [1.807, 2.05) is 18.2 Å². The minimum absolute atomic E-state index is 0.181. The molecule has 108 valence electrons. The van der Waals surface area contributed by atoms with E-state index in [0.717, 1.165) is 27.9 Å². The number of nitrogens with one attached hydrogen (secondary N) is 1. The van der Waals surface area contributed by atoms with E-state index in [-0.39, 0.29) is 5.91 Å². The molecule has 2 aromatic carbocycles. The summed E-state index contributed by atoms with van der Waals surface area (Å²) in [7, 11) is 1.57. The Bertz CT molecular complexity index is 700. The average Bonchev–Trinajstić information content (AvgIpc) is 2.95. The maximum Gasteiger partial charge on any atom is 0.256 e. The van der Waals surface area contributed by atoms with Gasteiger partial charge in [0.2, 0.25) is 0 Å². The van der Waals surface area contributed by atoms with Crippen molar-refractivity contribution in [2.45, 2.75) is 6.42 Å². The summed E-state index contributed by atoms with van der Waals surface area (Å²) in [6.07, 6.45) is 0.877. The normalized spacial score (nSPS) is 12.5.